The summed E-state index contributed by atoms with van der Waals surface area (Å²) >= 11 is 0. The van der Waals surface area contributed by atoms with Crippen molar-refractivity contribution in [2.45, 2.75) is 25.8 Å². The van der Waals surface area contributed by atoms with E-state index in [2.05, 4.69) is 29.3 Å². The van der Waals surface area contributed by atoms with E-state index in [0.29, 0.717) is 11.8 Å². The third kappa shape index (κ3) is 2.12. The molecule has 2 aromatic rings. The quantitative estimate of drug-likeness (QED) is 0.851. The topological polar surface area (TPSA) is 64.9 Å². The summed E-state index contributed by atoms with van der Waals surface area (Å²) in [6, 6.07) is 10.2. The van der Waals surface area contributed by atoms with Gasteiger partial charge in [0.05, 0.1) is 12.5 Å². The molecule has 1 atom stereocenters. The number of rotatable bonds is 4. The largest absolute Gasteiger partial charge is 0.423 e. The number of nitrogens with zero attached hydrogens (tertiary/aromatic N) is 2. The molecule has 0 aliphatic rings. The van der Waals surface area contributed by atoms with Gasteiger partial charge >= 0.3 is 0 Å². The first-order chi connectivity index (χ1) is 7.85. The van der Waals surface area contributed by atoms with E-state index >= 15 is 0 Å². The molecule has 0 aliphatic heterocycles. The van der Waals surface area contributed by atoms with Gasteiger partial charge < -0.3 is 10.2 Å². The van der Waals surface area contributed by atoms with Crippen LogP contribution < -0.4 is 5.73 Å². The molecule has 0 radical (unpaired) electrons. The highest BCUT2D eigenvalue weighted by atomic mass is 16.4. The summed E-state index contributed by atoms with van der Waals surface area (Å²) in [7, 11) is 0. The predicted molar refractivity (Wildman–Crippen MR) is 60.8 cm³/mol. The maximum atomic E-state index is 5.49. The minimum atomic E-state index is 0.161. The van der Waals surface area contributed by atoms with Crippen molar-refractivity contribution < 1.29 is 4.42 Å². The molecule has 84 valence electrons. The van der Waals surface area contributed by atoms with Crippen LogP contribution in [0.5, 0.6) is 0 Å². The van der Waals surface area contributed by atoms with E-state index in [1.807, 2.05) is 18.2 Å². The molecule has 1 heterocycles. The molecule has 0 aliphatic carbocycles. The summed E-state index contributed by atoms with van der Waals surface area (Å²) in [4.78, 5) is 0. The maximum absolute atomic E-state index is 5.49. The third-order valence-corrected chi connectivity index (χ3v) is 2.57. The van der Waals surface area contributed by atoms with E-state index in [-0.39, 0.29) is 12.5 Å². The van der Waals surface area contributed by atoms with E-state index < -0.39 is 0 Å². The molecule has 16 heavy (non-hydrogen) atoms. The van der Waals surface area contributed by atoms with Crippen molar-refractivity contribution in [3.05, 3.63) is 47.7 Å². The van der Waals surface area contributed by atoms with Gasteiger partial charge in [-0.15, -0.1) is 10.2 Å². The van der Waals surface area contributed by atoms with Crippen LogP contribution in [0.25, 0.3) is 0 Å². The Morgan fingerprint density at radius 1 is 1.25 bits per heavy atom. The lowest BCUT2D eigenvalue weighted by Crippen LogP contribution is -1.99. The molecule has 0 spiro atoms. The van der Waals surface area contributed by atoms with Crippen molar-refractivity contribution in [3.63, 3.8) is 0 Å². The zero-order valence-electron chi connectivity index (χ0n) is 9.26. The molecule has 0 fully saturated rings. The lowest BCUT2D eigenvalue weighted by atomic mass is 9.97. The fourth-order valence-corrected chi connectivity index (χ4v) is 1.73. The second-order valence-electron chi connectivity index (χ2n) is 3.61. The lowest BCUT2D eigenvalue weighted by Gasteiger charge is -2.09. The molecule has 1 aromatic heterocycles. The van der Waals surface area contributed by atoms with Gasteiger partial charge in [0.1, 0.15) is 0 Å². The number of aromatic nitrogens is 2. The van der Waals surface area contributed by atoms with Crippen LogP contribution in [0.3, 0.4) is 0 Å². The summed E-state index contributed by atoms with van der Waals surface area (Å²) in [6.07, 6.45) is 0.927. The van der Waals surface area contributed by atoms with E-state index in [9.17, 15) is 0 Å². The van der Waals surface area contributed by atoms with Crippen molar-refractivity contribution >= 4 is 0 Å². The summed E-state index contributed by atoms with van der Waals surface area (Å²) in [6.45, 7) is 2.39. The third-order valence-electron chi connectivity index (χ3n) is 2.57. The van der Waals surface area contributed by atoms with Crippen molar-refractivity contribution in [2.75, 3.05) is 0 Å². The van der Waals surface area contributed by atoms with Crippen molar-refractivity contribution in [1.29, 1.82) is 0 Å². The van der Waals surface area contributed by atoms with Gasteiger partial charge in [0.15, 0.2) is 0 Å². The zero-order valence-corrected chi connectivity index (χ0v) is 9.26. The Balaban J connectivity index is 2.29. The standard InChI is InChI=1S/C12H15N3O/c1-2-10(9-6-4-3-5-7-9)12-15-14-11(8-13)16-12/h3-7,10H,2,8,13H2,1H3. The SMILES string of the molecule is CCC(c1ccccc1)c1nnc(CN)o1. The molecule has 1 aromatic carbocycles. The van der Waals surface area contributed by atoms with Crippen LogP contribution in [0.1, 0.15) is 36.6 Å². The molecular formula is C12H15N3O. The van der Waals surface area contributed by atoms with E-state index in [0.717, 1.165) is 6.42 Å². The average Bonchev–Trinajstić information content (AvgIpc) is 2.80. The molecular weight excluding hydrogens is 202 g/mol. The van der Waals surface area contributed by atoms with Gasteiger partial charge in [-0.05, 0) is 12.0 Å². The summed E-state index contributed by atoms with van der Waals surface area (Å²) < 4.78 is 5.49. The van der Waals surface area contributed by atoms with E-state index in [1.54, 1.807) is 0 Å². The molecule has 4 heteroatoms. The highest BCUT2D eigenvalue weighted by Crippen LogP contribution is 2.26. The van der Waals surface area contributed by atoms with E-state index in [4.69, 9.17) is 10.2 Å². The van der Waals surface area contributed by atoms with Crippen molar-refractivity contribution in [1.82, 2.24) is 10.2 Å². The molecule has 0 saturated heterocycles. The molecule has 0 saturated carbocycles. The Labute approximate surface area is 94.5 Å². The van der Waals surface area contributed by atoms with Gasteiger partial charge in [0.2, 0.25) is 11.8 Å². The first-order valence-electron chi connectivity index (χ1n) is 5.42. The Morgan fingerprint density at radius 2 is 2.00 bits per heavy atom. The van der Waals surface area contributed by atoms with Gasteiger partial charge in [0, 0.05) is 0 Å². The summed E-state index contributed by atoms with van der Waals surface area (Å²) in [5.41, 5.74) is 6.64. The van der Waals surface area contributed by atoms with Crippen LogP contribution in [0.15, 0.2) is 34.7 Å². The monoisotopic (exact) mass is 217 g/mol. The number of hydrogen-bond donors (Lipinski definition) is 1. The fourth-order valence-electron chi connectivity index (χ4n) is 1.73. The van der Waals surface area contributed by atoms with Crippen LogP contribution in [-0.2, 0) is 6.54 Å². The fraction of sp³-hybridized carbons (Fsp3) is 0.333. The average molecular weight is 217 g/mol. The second kappa shape index (κ2) is 4.90. The zero-order chi connectivity index (χ0) is 11.4. The van der Waals surface area contributed by atoms with Crippen LogP contribution in [0.2, 0.25) is 0 Å². The molecule has 0 bridgehead atoms. The van der Waals surface area contributed by atoms with Gasteiger partial charge in [-0.25, -0.2) is 0 Å². The Hall–Kier alpha value is -1.68. The van der Waals surface area contributed by atoms with Crippen LogP contribution in [0, 0.1) is 0 Å². The van der Waals surface area contributed by atoms with E-state index in [1.165, 1.54) is 5.56 Å². The number of hydrogen-bond acceptors (Lipinski definition) is 4. The smallest absolute Gasteiger partial charge is 0.230 e. The van der Waals surface area contributed by atoms with Crippen molar-refractivity contribution in [2.24, 2.45) is 5.73 Å². The van der Waals surface area contributed by atoms with Gasteiger partial charge in [-0.2, -0.15) is 0 Å². The van der Waals surface area contributed by atoms with Gasteiger partial charge in [-0.1, -0.05) is 37.3 Å². The van der Waals surface area contributed by atoms with Crippen LogP contribution >= 0.6 is 0 Å². The Bertz CT molecular complexity index is 439. The maximum Gasteiger partial charge on any atom is 0.230 e. The molecule has 4 nitrogen and oxygen atoms in total. The van der Waals surface area contributed by atoms with Gasteiger partial charge in [0.25, 0.3) is 0 Å². The normalized spacial score (nSPS) is 12.6. The number of nitrogens with two attached hydrogens (primary N) is 1. The highest BCUT2D eigenvalue weighted by Gasteiger charge is 2.18. The first-order valence-corrected chi connectivity index (χ1v) is 5.42. The summed E-state index contributed by atoms with van der Waals surface area (Å²) in [5.74, 6) is 1.30. The van der Waals surface area contributed by atoms with Crippen LogP contribution in [-0.4, -0.2) is 10.2 Å². The molecule has 2 N–H and O–H groups in total. The molecule has 0 amide bonds. The second-order valence-corrected chi connectivity index (χ2v) is 3.61. The highest BCUT2D eigenvalue weighted by molar-refractivity contribution is 5.23. The minimum Gasteiger partial charge on any atom is -0.423 e. The van der Waals surface area contributed by atoms with Crippen LogP contribution in [0.4, 0.5) is 0 Å². The minimum absolute atomic E-state index is 0.161. The lowest BCUT2D eigenvalue weighted by molar-refractivity contribution is 0.429. The number of benzene rings is 1. The Kier molecular flexibility index (Phi) is 3.31. The van der Waals surface area contributed by atoms with Crippen molar-refractivity contribution in [3.8, 4) is 0 Å². The summed E-state index contributed by atoms with van der Waals surface area (Å²) in [5, 5.41) is 7.93. The molecule has 2 rings (SSSR count). The molecule has 1 unspecified atom stereocenters. The predicted octanol–water partition coefficient (Wildman–Crippen LogP) is 2.07. The Morgan fingerprint density at radius 3 is 2.56 bits per heavy atom. The first kappa shape index (κ1) is 10.8. The van der Waals surface area contributed by atoms with Gasteiger partial charge in [-0.3, -0.25) is 0 Å².